The fraction of sp³-hybridized carbons (Fsp3) is 0.692. The molecule has 0 fully saturated rings. The summed E-state index contributed by atoms with van der Waals surface area (Å²) in [5, 5.41) is 0. The van der Waals surface area contributed by atoms with Gasteiger partial charge in [-0.25, -0.2) is 0 Å². The molecule has 0 bridgehead atoms. The molecule has 0 amide bonds. The van der Waals surface area contributed by atoms with Crippen molar-refractivity contribution in [1.82, 2.24) is 0 Å². The predicted molar refractivity (Wildman–Crippen MR) is 143 cm³/mol. The zero-order chi connectivity index (χ0) is 21.1. The Bertz CT molecular complexity index is 728. The molecular weight excluding hydrogens is 590 g/mol. The van der Waals surface area contributed by atoms with Gasteiger partial charge in [0.05, 0.1) is 0 Å². The van der Waals surface area contributed by atoms with Gasteiger partial charge in [0.15, 0.2) is 0 Å². The number of hydrogen-bond acceptors (Lipinski definition) is 0. The van der Waals surface area contributed by atoms with Crippen molar-refractivity contribution in [2.24, 2.45) is 11.8 Å². The molecule has 2 rings (SSSR count). The molecule has 2 aliphatic rings. The molecule has 0 aromatic heterocycles. The average Bonchev–Trinajstić information content (AvgIpc) is 3.23. The van der Waals surface area contributed by atoms with Crippen LogP contribution in [0.1, 0.15) is 92.9 Å². The topological polar surface area (TPSA) is 0 Å². The summed E-state index contributed by atoms with van der Waals surface area (Å²) in [6, 6.07) is 0. The molecule has 174 valence electrons. The summed E-state index contributed by atoms with van der Waals surface area (Å²) in [6.45, 7) is 16.7. The van der Waals surface area contributed by atoms with E-state index in [2.05, 4.69) is 70.0 Å². The van der Waals surface area contributed by atoms with E-state index in [-0.39, 0.29) is 24.8 Å². The van der Waals surface area contributed by atoms with Gasteiger partial charge in [0.2, 0.25) is 0 Å². The van der Waals surface area contributed by atoms with Gasteiger partial charge in [0.25, 0.3) is 0 Å². The van der Waals surface area contributed by atoms with Crippen LogP contribution in [0, 0.1) is 11.8 Å². The van der Waals surface area contributed by atoms with Crippen molar-refractivity contribution in [1.29, 1.82) is 0 Å². The van der Waals surface area contributed by atoms with E-state index in [0.717, 1.165) is 0 Å². The minimum atomic E-state index is -3.28. The Morgan fingerprint density at radius 1 is 0.767 bits per heavy atom. The minimum Gasteiger partial charge on any atom is -0.147 e. The van der Waals surface area contributed by atoms with E-state index in [1.54, 1.807) is 22.3 Å². The molecule has 0 aromatic rings. The molecule has 0 aliphatic heterocycles. The van der Waals surface area contributed by atoms with Gasteiger partial charge < -0.3 is 0 Å². The van der Waals surface area contributed by atoms with Gasteiger partial charge in [-0.05, 0) is 0 Å². The number of hydrogen-bond donors (Lipinski definition) is 0. The van der Waals surface area contributed by atoms with Gasteiger partial charge in [-0.1, -0.05) is 0 Å². The molecule has 0 saturated carbocycles. The summed E-state index contributed by atoms with van der Waals surface area (Å²) in [6.07, 6.45) is 15.7. The zero-order valence-electron chi connectivity index (χ0n) is 21.0. The van der Waals surface area contributed by atoms with E-state index in [0.29, 0.717) is 11.8 Å². The van der Waals surface area contributed by atoms with Crippen molar-refractivity contribution in [2.75, 3.05) is 0 Å². The van der Waals surface area contributed by atoms with Crippen LogP contribution < -0.4 is 0 Å². The van der Waals surface area contributed by atoms with Gasteiger partial charge in [-0.15, -0.1) is 24.8 Å². The summed E-state index contributed by atoms with van der Waals surface area (Å²) in [7, 11) is 0. The normalized spacial score (nSPS) is 17.4. The zero-order valence-corrected chi connectivity index (χ0v) is 27.6. The molecule has 0 spiro atoms. The van der Waals surface area contributed by atoms with Crippen molar-refractivity contribution in [2.45, 2.75) is 102 Å². The third-order valence-electron chi connectivity index (χ3n) is 7.27. The van der Waals surface area contributed by atoms with Gasteiger partial charge >= 0.3 is 179 Å². The van der Waals surface area contributed by atoms with E-state index in [9.17, 15) is 0 Å². The Balaban J connectivity index is 0.00000420. The molecule has 0 unspecified atom stereocenters. The molecule has 0 radical (unpaired) electrons. The SMILES string of the molecule is CCCCC1=[C]([Hf]([CH3])([CH3])(=[SiH2])[C]2=C(CCCC)C=C(C(C)C)C2)CC(C(C)C)=C1.Cl.Cl. The van der Waals surface area contributed by atoms with E-state index in [4.69, 9.17) is 0 Å². The van der Waals surface area contributed by atoms with Crippen molar-refractivity contribution >= 4 is 31.8 Å². The first kappa shape index (κ1) is 30.6. The summed E-state index contributed by atoms with van der Waals surface area (Å²) >= 11 is -3.28. The number of halogens is 2. The molecule has 0 saturated heterocycles. The Morgan fingerprint density at radius 2 is 1.10 bits per heavy atom. The summed E-state index contributed by atoms with van der Waals surface area (Å²) in [5.74, 6) is 1.37. The first-order chi connectivity index (χ1) is 13.0. The Labute approximate surface area is 202 Å². The van der Waals surface area contributed by atoms with Crippen LogP contribution in [0.5, 0.6) is 0 Å². The number of allylic oxidation sites excluding steroid dienone is 8. The standard InChI is InChI=1S/2C12H19.2CH3.2ClH.Hf.H2Si/c2*1-4-5-6-11-7-8-12(9-11)10(2)3;;;;;;/h2*9-10H,4-6,8H2,1-3H3;2*1H3;2*1H;;1H2. The minimum absolute atomic E-state index is 0. The van der Waals surface area contributed by atoms with Crippen LogP contribution >= 0.6 is 24.8 Å². The van der Waals surface area contributed by atoms with E-state index < -0.39 is 17.1 Å². The molecule has 2 aliphatic carbocycles. The van der Waals surface area contributed by atoms with Crippen LogP contribution in [0.3, 0.4) is 0 Å². The molecule has 0 nitrogen and oxygen atoms in total. The second-order valence-electron chi connectivity index (χ2n) is 11.0. The monoisotopic (exact) mass is 638 g/mol. The van der Waals surface area contributed by atoms with Crippen LogP contribution in [-0.4, -0.2) is 6.94 Å². The fourth-order valence-corrected chi connectivity index (χ4v) is 26.5. The van der Waals surface area contributed by atoms with Gasteiger partial charge in [0.1, 0.15) is 0 Å². The van der Waals surface area contributed by atoms with Crippen molar-refractivity contribution in [3.8, 4) is 0 Å². The second-order valence-corrected chi connectivity index (χ2v) is 52.0. The van der Waals surface area contributed by atoms with Crippen LogP contribution in [-0.2, 0) is 17.1 Å². The Morgan fingerprint density at radius 3 is 1.37 bits per heavy atom. The van der Waals surface area contributed by atoms with Crippen LogP contribution in [0.2, 0.25) is 9.36 Å². The summed E-state index contributed by atoms with van der Waals surface area (Å²) in [5.41, 5.74) is 6.90. The van der Waals surface area contributed by atoms with E-state index in [1.807, 2.05) is 6.66 Å². The fourth-order valence-electron chi connectivity index (χ4n) is 5.06. The maximum Gasteiger partial charge on any atom is -0.147 e. The molecule has 30 heavy (non-hydrogen) atoms. The molecule has 0 aromatic carbocycles. The number of rotatable bonds is 10. The largest absolute Gasteiger partial charge is 0.147 e. The molecule has 4 heteroatoms. The van der Waals surface area contributed by atoms with Crippen molar-refractivity contribution < 1.29 is 17.1 Å². The van der Waals surface area contributed by atoms with Gasteiger partial charge in [0, 0.05) is 0 Å². The smallest absolute Gasteiger partial charge is 0.147 e. The number of unbranched alkanes of at least 4 members (excludes halogenated alkanes) is 2. The molecule has 0 heterocycles. The van der Waals surface area contributed by atoms with Gasteiger partial charge in [-0.3, -0.25) is 0 Å². The predicted octanol–water partition coefficient (Wildman–Crippen LogP) is 9.02. The third-order valence-corrected chi connectivity index (χ3v) is 31.7. The molecule has 0 atom stereocenters. The van der Waals surface area contributed by atoms with Crippen LogP contribution in [0.15, 0.2) is 41.1 Å². The van der Waals surface area contributed by atoms with Gasteiger partial charge in [-0.2, -0.15) is 0 Å². The maximum atomic E-state index is 2.77. The summed E-state index contributed by atoms with van der Waals surface area (Å²) in [4.78, 5) is 0. The summed E-state index contributed by atoms with van der Waals surface area (Å²) < 4.78 is 9.42. The van der Waals surface area contributed by atoms with E-state index in [1.165, 1.54) is 51.4 Å². The second kappa shape index (κ2) is 12.2. The quantitative estimate of drug-likeness (QED) is 0.210. The Kier molecular flexibility index (Phi) is 12.4. The first-order valence-corrected chi connectivity index (χ1v) is 31.0. The third kappa shape index (κ3) is 6.81. The first-order valence-electron chi connectivity index (χ1n) is 11.9. The van der Waals surface area contributed by atoms with Crippen LogP contribution in [0.25, 0.3) is 0 Å². The molecular formula is C26H48Cl2HfSi. The molecule has 0 N–H and O–H groups in total. The van der Waals surface area contributed by atoms with E-state index >= 15 is 0 Å². The van der Waals surface area contributed by atoms with Crippen molar-refractivity contribution in [3.05, 3.63) is 41.1 Å². The van der Waals surface area contributed by atoms with Crippen LogP contribution in [0.4, 0.5) is 0 Å². The maximum absolute atomic E-state index is 3.28. The Hall–Kier alpha value is 0.627. The average molecular weight is 638 g/mol. The van der Waals surface area contributed by atoms with Crippen molar-refractivity contribution in [3.63, 3.8) is 0 Å².